The van der Waals surface area contributed by atoms with Crippen molar-refractivity contribution in [1.82, 2.24) is 4.90 Å². The molecule has 0 bridgehead atoms. The van der Waals surface area contributed by atoms with E-state index in [1.54, 1.807) is 18.2 Å². The van der Waals surface area contributed by atoms with Crippen molar-refractivity contribution in [2.75, 3.05) is 11.9 Å². The molecule has 0 aliphatic carbocycles. The van der Waals surface area contributed by atoms with Crippen LogP contribution in [0.1, 0.15) is 25.0 Å². The summed E-state index contributed by atoms with van der Waals surface area (Å²) in [7, 11) is 0. The smallest absolute Gasteiger partial charge is 0.242 e. The van der Waals surface area contributed by atoms with Crippen LogP contribution in [0.5, 0.6) is 0 Å². The van der Waals surface area contributed by atoms with E-state index in [4.69, 9.17) is 11.6 Å². The molecule has 0 unspecified atom stereocenters. The highest BCUT2D eigenvalue weighted by atomic mass is 35.5. The second-order valence-electron chi connectivity index (χ2n) is 5.93. The van der Waals surface area contributed by atoms with Gasteiger partial charge in [0.2, 0.25) is 5.91 Å². The third kappa shape index (κ3) is 4.98. The van der Waals surface area contributed by atoms with Gasteiger partial charge in [0.15, 0.2) is 0 Å². The van der Waals surface area contributed by atoms with E-state index < -0.39 is 0 Å². The number of amides is 1. The molecule has 128 valence electrons. The molecule has 24 heavy (non-hydrogen) atoms. The van der Waals surface area contributed by atoms with Crippen LogP contribution in [0.25, 0.3) is 0 Å². The summed E-state index contributed by atoms with van der Waals surface area (Å²) in [4.78, 5) is 14.4. The first-order valence-electron chi connectivity index (χ1n) is 7.97. The van der Waals surface area contributed by atoms with Gasteiger partial charge in [-0.05, 0) is 37.1 Å². The number of nitrogens with one attached hydrogen (secondary N) is 1. The highest BCUT2D eigenvalue weighted by Gasteiger charge is 2.17. The van der Waals surface area contributed by atoms with Crippen molar-refractivity contribution < 1.29 is 9.90 Å². The van der Waals surface area contributed by atoms with Crippen molar-refractivity contribution in [3.05, 3.63) is 64.7 Å². The lowest BCUT2D eigenvalue weighted by molar-refractivity contribution is -0.131. The molecule has 0 fully saturated rings. The summed E-state index contributed by atoms with van der Waals surface area (Å²) < 4.78 is 0. The van der Waals surface area contributed by atoms with E-state index in [0.717, 1.165) is 11.1 Å². The number of hydrogen-bond donors (Lipinski definition) is 2. The summed E-state index contributed by atoms with van der Waals surface area (Å²) in [6.07, 6.45) is 0. The summed E-state index contributed by atoms with van der Waals surface area (Å²) in [5.74, 6) is -0.000628. The molecule has 2 aromatic carbocycles. The van der Waals surface area contributed by atoms with Crippen LogP contribution in [-0.2, 0) is 17.9 Å². The van der Waals surface area contributed by atoms with Gasteiger partial charge < -0.3 is 15.3 Å². The van der Waals surface area contributed by atoms with Crippen molar-refractivity contribution in [3.8, 4) is 0 Å². The van der Waals surface area contributed by atoms with Crippen LogP contribution in [0, 0.1) is 0 Å². The maximum Gasteiger partial charge on any atom is 0.242 e. The van der Waals surface area contributed by atoms with Crippen LogP contribution in [0.2, 0.25) is 5.02 Å². The quantitative estimate of drug-likeness (QED) is 0.804. The summed E-state index contributed by atoms with van der Waals surface area (Å²) in [5.41, 5.74) is 2.50. The molecule has 0 radical (unpaired) electrons. The normalized spacial score (nSPS) is 10.7. The number of hydrogen-bond acceptors (Lipinski definition) is 3. The highest BCUT2D eigenvalue weighted by Crippen LogP contribution is 2.23. The van der Waals surface area contributed by atoms with Crippen molar-refractivity contribution in [2.45, 2.75) is 33.0 Å². The molecule has 0 aromatic heterocycles. The Morgan fingerprint density at radius 2 is 1.88 bits per heavy atom. The largest absolute Gasteiger partial charge is 0.392 e. The average Bonchev–Trinajstić information content (AvgIpc) is 2.59. The molecule has 0 saturated heterocycles. The number of aliphatic hydroxyl groups is 1. The SMILES string of the molecule is CC(C)N(Cc1ccccc1)C(=O)CNc1cc(CO)ccc1Cl. The fourth-order valence-corrected chi connectivity index (χ4v) is 2.60. The molecule has 2 N–H and O–H groups in total. The molecule has 0 aliphatic rings. The van der Waals surface area contributed by atoms with Gasteiger partial charge in [-0.3, -0.25) is 4.79 Å². The number of aliphatic hydroxyl groups excluding tert-OH is 1. The predicted molar refractivity (Wildman–Crippen MR) is 98.0 cm³/mol. The zero-order chi connectivity index (χ0) is 17.5. The molecule has 4 nitrogen and oxygen atoms in total. The number of rotatable bonds is 7. The molecule has 0 spiro atoms. The number of carbonyl (C=O) groups excluding carboxylic acids is 1. The Morgan fingerprint density at radius 3 is 2.50 bits per heavy atom. The van der Waals surface area contributed by atoms with Crippen LogP contribution >= 0.6 is 11.6 Å². The van der Waals surface area contributed by atoms with Gasteiger partial charge in [-0.2, -0.15) is 0 Å². The first-order valence-corrected chi connectivity index (χ1v) is 8.35. The van der Waals surface area contributed by atoms with Crippen molar-refractivity contribution in [2.24, 2.45) is 0 Å². The predicted octanol–water partition coefficient (Wildman–Crippen LogP) is 3.68. The van der Waals surface area contributed by atoms with Gasteiger partial charge in [-0.25, -0.2) is 0 Å². The lowest BCUT2D eigenvalue weighted by Crippen LogP contribution is -2.39. The second kappa shape index (κ2) is 8.71. The van der Waals surface area contributed by atoms with Crippen LogP contribution < -0.4 is 5.32 Å². The van der Waals surface area contributed by atoms with Crippen LogP contribution in [0.15, 0.2) is 48.5 Å². The van der Waals surface area contributed by atoms with E-state index in [-0.39, 0.29) is 25.1 Å². The molecular formula is C19H23ClN2O2. The first kappa shape index (κ1) is 18.3. The molecule has 2 aromatic rings. The minimum atomic E-state index is -0.0636. The Balaban J connectivity index is 2.03. The van der Waals surface area contributed by atoms with E-state index in [2.05, 4.69) is 5.32 Å². The van der Waals surface area contributed by atoms with Crippen LogP contribution in [0.4, 0.5) is 5.69 Å². The van der Waals surface area contributed by atoms with Gasteiger partial charge >= 0.3 is 0 Å². The Labute approximate surface area is 148 Å². The maximum atomic E-state index is 12.6. The number of nitrogens with zero attached hydrogens (tertiary/aromatic N) is 1. The lowest BCUT2D eigenvalue weighted by Gasteiger charge is -2.27. The van der Waals surface area contributed by atoms with E-state index in [1.807, 2.05) is 49.1 Å². The summed E-state index contributed by atoms with van der Waals surface area (Å²) in [6.45, 7) is 4.66. The summed E-state index contributed by atoms with van der Waals surface area (Å²) >= 11 is 6.14. The second-order valence-corrected chi connectivity index (χ2v) is 6.33. The zero-order valence-corrected chi connectivity index (χ0v) is 14.8. The first-order chi connectivity index (χ1) is 11.5. The standard InChI is InChI=1S/C19H23ClN2O2/c1-14(2)22(12-15-6-4-3-5-7-15)19(24)11-21-18-10-16(13-23)8-9-17(18)20/h3-10,14,21,23H,11-13H2,1-2H3. The van der Waals surface area contributed by atoms with Crippen molar-refractivity contribution >= 4 is 23.2 Å². The Bertz CT molecular complexity index is 674. The Hall–Kier alpha value is -2.04. The van der Waals surface area contributed by atoms with E-state index >= 15 is 0 Å². The minimum absolute atomic E-state index is 0.000628. The molecule has 0 atom stereocenters. The molecule has 0 heterocycles. The Kier molecular flexibility index (Phi) is 6.64. The molecule has 0 aliphatic heterocycles. The molecule has 0 saturated carbocycles. The van der Waals surface area contributed by atoms with Crippen molar-refractivity contribution in [1.29, 1.82) is 0 Å². The zero-order valence-electron chi connectivity index (χ0n) is 14.0. The van der Waals surface area contributed by atoms with E-state index in [1.165, 1.54) is 0 Å². The van der Waals surface area contributed by atoms with E-state index in [0.29, 0.717) is 17.3 Å². The van der Waals surface area contributed by atoms with Gasteiger partial charge in [0.05, 0.1) is 23.9 Å². The van der Waals surface area contributed by atoms with Gasteiger partial charge in [0, 0.05) is 12.6 Å². The minimum Gasteiger partial charge on any atom is -0.392 e. The fourth-order valence-electron chi connectivity index (χ4n) is 2.42. The maximum absolute atomic E-state index is 12.6. The molecule has 5 heteroatoms. The molecule has 2 rings (SSSR count). The van der Waals surface area contributed by atoms with Gasteiger partial charge in [0.1, 0.15) is 0 Å². The lowest BCUT2D eigenvalue weighted by atomic mass is 10.2. The van der Waals surface area contributed by atoms with Gasteiger partial charge in [-0.15, -0.1) is 0 Å². The molecular weight excluding hydrogens is 324 g/mol. The van der Waals surface area contributed by atoms with Crippen LogP contribution in [-0.4, -0.2) is 28.5 Å². The van der Waals surface area contributed by atoms with Crippen LogP contribution in [0.3, 0.4) is 0 Å². The van der Waals surface area contributed by atoms with Gasteiger partial charge in [0.25, 0.3) is 0 Å². The third-order valence-electron chi connectivity index (χ3n) is 3.78. The number of halogens is 1. The monoisotopic (exact) mass is 346 g/mol. The summed E-state index contributed by atoms with van der Waals surface area (Å²) in [5, 5.41) is 12.8. The van der Waals surface area contributed by atoms with Gasteiger partial charge in [-0.1, -0.05) is 48.0 Å². The topological polar surface area (TPSA) is 52.6 Å². The van der Waals surface area contributed by atoms with E-state index in [9.17, 15) is 9.90 Å². The molecule has 1 amide bonds. The Morgan fingerprint density at radius 1 is 1.17 bits per heavy atom. The number of benzene rings is 2. The fraction of sp³-hybridized carbons (Fsp3) is 0.316. The average molecular weight is 347 g/mol. The summed E-state index contributed by atoms with van der Waals surface area (Å²) in [6, 6.07) is 15.2. The number of anilines is 1. The van der Waals surface area contributed by atoms with Crippen molar-refractivity contribution in [3.63, 3.8) is 0 Å². The highest BCUT2D eigenvalue weighted by molar-refractivity contribution is 6.33. The third-order valence-corrected chi connectivity index (χ3v) is 4.11. The number of carbonyl (C=O) groups is 1.